The summed E-state index contributed by atoms with van der Waals surface area (Å²) < 4.78 is 30.4. The zero-order valence-electron chi connectivity index (χ0n) is 20.5. The molecule has 2 fully saturated rings. The molecule has 0 aliphatic carbocycles. The first-order chi connectivity index (χ1) is 16.1. The number of piperidine rings is 1. The van der Waals surface area contributed by atoms with Gasteiger partial charge in [-0.2, -0.15) is 0 Å². The number of anilines is 1. The molecule has 1 unspecified atom stereocenters. The number of furan rings is 1. The zero-order chi connectivity index (χ0) is 24.3. The summed E-state index contributed by atoms with van der Waals surface area (Å²) in [6.45, 7) is 8.72. The summed E-state index contributed by atoms with van der Waals surface area (Å²) >= 11 is 0. The average molecular weight is 485 g/mol. The summed E-state index contributed by atoms with van der Waals surface area (Å²) in [5, 5.41) is 0. The number of sulfone groups is 1. The smallest absolute Gasteiger partial charge is 0.247 e. The predicted molar refractivity (Wildman–Crippen MR) is 137 cm³/mol. The number of benzene rings is 1. The Balaban J connectivity index is 1.50. The summed E-state index contributed by atoms with van der Waals surface area (Å²) in [6, 6.07) is 11.7. The fourth-order valence-corrected chi connectivity index (χ4v) is 6.40. The maximum atomic E-state index is 13.2. The van der Waals surface area contributed by atoms with Gasteiger partial charge >= 0.3 is 0 Å². The molecule has 1 aromatic carbocycles. The van der Waals surface area contributed by atoms with E-state index in [1.807, 2.05) is 24.3 Å². The Kier molecular flexibility index (Phi) is 7.22. The van der Waals surface area contributed by atoms with Crippen LogP contribution in [-0.4, -0.2) is 49.9 Å². The van der Waals surface area contributed by atoms with Crippen molar-refractivity contribution in [1.82, 2.24) is 4.90 Å². The monoisotopic (exact) mass is 484 g/mol. The first-order valence-electron chi connectivity index (χ1n) is 12.2. The Morgan fingerprint density at radius 1 is 1.09 bits per heavy atom. The van der Waals surface area contributed by atoms with Gasteiger partial charge in [-0.1, -0.05) is 45.0 Å². The van der Waals surface area contributed by atoms with Crippen LogP contribution in [0.1, 0.15) is 63.3 Å². The summed E-state index contributed by atoms with van der Waals surface area (Å²) in [5.41, 5.74) is 2.24. The zero-order valence-corrected chi connectivity index (χ0v) is 21.3. The lowest BCUT2D eigenvalue weighted by atomic mass is 9.87. The van der Waals surface area contributed by atoms with Crippen molar-refractivity contribution < 1.29 is 17.6 Å². The minimum atomic E-state index is -3.12. The Labute approximate surface area is 203 Å². The minimum Gasteiger partial charge on any atom is -0.444 e. The molecule has 3 heterocycles. The van der Waals surface area contributed by atoms with Crippen molar-refractivity contribution in [3.8, 4) is 0 Å². The average Bonchev–Trinajstić information content (AvgIpc) is 3.42. The van der Waals surface area contributed by atoms with E-state index >= 15 is 0 Å². The molecule has 2 aliphatic heterocycles. The Hall–Kier alpha value is -2.54. The van der Waals surface area contributed by atoms with E-state index in [9.17, 15) is 13.2 Å². The fraction of sp³-hybridized carbons (Fsp3) is 0.519. The highest BCUT2D eigenvalue weighted by Crippen LogP contribution is 2.26. The van der Waals surface area contributed by atoms with Crippen LogP contribution in [0, 0.1) is 0 Å². The molecule has 0 bridgehead atoms. The van der Waals surface area contributed by atoms with Crippen LogP contribution >= 0.6 is 0 Å². The van der Waals surface area contributed by atoms with Crippen LogP contribution in [0.2, 0.25) is 0 Å². The molecular formula is C27H36N2O4S. The van der Waals surface area contributed by atoms with E-state index in [1.165, 1.54) is 12.0 Å². The number of hydrogen-bond donors (Lipinski definition) is 0. The third-order valence-corrected chi connectivity index (χ3v) is 8.52. The molecule has 0 saturated carbocycles. The van der Waals surface area contributed by atoms with Crippen molar-refractivity contribution in [2.24, 2.45) is 0 Å². The minimum absolute atomic E-state index is 0.00650. The van der Waals surface area contributed by atoms with Crippen LogP contribution in [0.25, 0.3) is 6.08 Å². The van der Waals surface area contributed by atoms with Crippen LogP contribution in [0.4, 0.5) is 5.88 Å². The lowest BCUT2D eigenvalue weighted by Crippen LogP contribution is -2.39. The normalized spacial score (nSPS) is 20.7. The van der Waals surface area contributed by atoms with E-state index < -0.39 is 9.84 Å². The van der Waals surface area contributed by atoms with Crippen molar-refractivity contribution in [3.05, 3.63) is 59.4 Å². The molecule has 0 radical (unpaired) electrons. The summed E-state index contributed by atoms with van der Waals surface area (Å²) in [5.74, 6) is 1.44. The molecule has 0 spiro atoms. The third-order valence-electron chi connectivity index (χ3n) is 6.77. The second-order valence-electron chi connectivity index (χ2n) is 10.5. The van der Waals surface area contributed by atoms with Crippen molar-refractivity contribution in [2.75, 3.05) is 29.5 Å². The number of rotatable bonds is 6. The van der Waals surface area contributed by atoms with Crippen molar-refractivity contribution in [2.45, 2.75) is 64.5 Å². The van der Waals surface area contributed by atoms with Gasteiger partial charge in [0.05, 0.1) is 18.1 Å². The standard InChI is InChI=1S/C27H36N2O4S/c1-27(2,3)22-10-7-21(8-11-22)9-13-25(30)29(23-15-18-34(31,32)20-23)19-24-12-14-26(33-24)28-16-5-4-6-17-28/h7-14,23H,4-6,15-20H2,1-3H3/b13-9+. The second kappa shape index (κ2) is 9.98. The molecule has 2 aliphatic rings. The Bertz CT molecular complexity index is 1120. The van der Waals surface area contributed by atoms with Gasteiger partial charge in [-0.3, -0.25) is 4.79 Å². The van der Waals surface area contributed by atoms with E-state index in [0.29, 0.717) is 12.2 Å². The van der Waals surface area contributed by atoms with Crippen molar-refractivity contribution in [1.29, 1.82) is 0 Å². The molecule has 1 atom stereocenters. The number of carbonyl (C=O) groups excluding carboxylic acids is 1. The quantitative estimate of drug-likeness (QED) is 0.551. The number of nitrogens with zero attached hydrogens (tertiary/aromatic N) is 2. The summed E-state index contributed by atoms with van der Waals surface area (Å²) in [7, 11) is -3.12. The van der Waals surface area contributed by atoms with Crippen LogP contribution in [0.3, 0.4) is 0 Å². The van der Waals surface area contributed by atoms with Crippen LogP contribution < -0.4 is 4.90 Å². The first kappa shape index (κ1) is 24.6. The lowest BCUT2D eigenvalue weighted by Gasteiger charge is -2.27. The number of amides is 1. The fourth-order valence-electron chi connectivity index (χ4n) is 4.67. The molecule has 1 amide bonds. The molecule has 184 valence electrons. The van der Waals surface area contributed by atoms with Gasteiger partial charge in [0.25, 0.3) is 0 Å². The number of carbonyl (C=O) groups is 1. The summed E-state index contributed by atoms with van der Waals surface area (Å²) in [4.78, 5) is 17.1. The van der Waals surface area contributed by atoms with E-state index in [1.54, 1.807) is 17.1 Å². The number of hydrogen-bond acceptors (Lipinski definition) is 5. The topological polar surface area (TPSA) is 70.8 Å². The molecule has 2 aromatic rings. The van der Waals surface area contributed by atoms with Crippen LogP contribution in [0.15, 0.2) is 46.9 Å². The van der Waals surface area contributed by atoms with Crippen LogP contribution in [-0.2, 0) is 26.6 Å². The van der Waals surface area contributed by atoms with Gasteiger partial charge in [-0.25, -0.2) is 8.42 Å². The Morgan fingerprint density at radius 3 is 2.41 bits per heavy atom. The maximum Gasteiger partial charge on any atom is 0.247 e. The van der Waals surface area contributed by atoms with Gasteiger partial charge in [-0.15, -0.1) is 0 Å². The largest absolute Gasteiger partial charge is 0.444 e. The van der Waals surface area contributed by atoms with Gasteiger partial charge in [0, 0.05) is 31.3 Å². The Morgan fingerprint density at radius 2 is 1.79 bits per heavy atom. The summed E-state index contributed by atoms with van der Waals surface area (Å²) in [6.07, 6.45) is 7.36. The van der Waals surface area contributed by atoms with Crippen molar-refractivity contribution in [3.63, 3.8) is 0 Å². The maximum absolute atomic E-state index is 13.2. The van der Waals surface area contributed by atoms with Gasteiger partial charge in [0.15, 0.2) is 15.7 Å². The highest BCUT2D eigenvalue weighted by molar-refractivity contribution is 7.91. The first-order valence-corrected chi connectivity index (χ1v) is 14.1. The third kappa shape index (κ3) is 6.12. The van der Waals surface area contributed by atoms with Gasteiger partial charge < -0.3 is 14.2 Å². The molecule has 34 heavy (non-hydrogen) atoms. The van der Waals surface area contributed by atoms with Gasteiger partial charge in [0.2, 0.25) is 5.91 Å². The predicted octanol–water partition coefficient (Wildman–Crippen LogP) is 4.80. The molecular weight excluding hydrogens is 448 g/mol. The van der Waals surface area contributed by atoms with Gasteiger partial charge in [-0.05, 0) is 54.4 Å². The molecule has 2 saturated heterocycles. The van der Waals surface area contributed by atoms with E-state index in [0.717, 1.165) is 37.4 Å². The lowest BCUT2D eigenvalue weighted by molar-refractivity contribution is -0.128. The molecule has 1 aromatic heterocycles. The molecule has 7 heteroatoms. The van der Waals surface area contributed by atoms with Gasteiger partial charge in [0.1, 0.15) is 5.76 Å². The van der Waals surface area contributed by atoms with Crippen molar-refractivity contribution >= 4 is 27.7 Å². The molecule has 4 rings (SSSR count). The highest BCUT2D eigenvalue weighted by Gasteiger charge is 2.34. The SMILES string of the molecule is CC(C)(C)c1ccc(/C=C/C(=O)N(Cc2ccc(N3CCCCC3)o2)C2CCS(=O)(=O)C2)cc1. The second-order valence-corrected chi connectivity index (χ2v) is 12.7. The molecule has 0 N–H and O–H groups in total. The van der Waals surface area contributed by atoms with E-state index in [-0.39, 0.29) is 35.4 Å². The highest BCUT2D eigenvalue weighted by atomic mass is 32.2. The van der Waals surface area contributed by atoms with E-state index in [2.05, 4.69) is 37.8 Å². The van der Waals surface area contributed by atoms with E-state index in [4.69, 9.17) is 4.42 Å². The molecule has 6 nitrogen and oxygen atoms in total. The van der Waals surface area contributed by atoms with Crippen LogP contribution in [0.5, 0.6) is 0 Å².